The van der Waals surface area contributed by atoms with Crippen molar-refractivity contribution in [3.8, 4) is 0 Å². The van der Waals surface area contributed by atoms with Crippen molar-refractivity contribution in [2.75, 3.05) is 43.2 Å². The highest BCUT2D eigenvalue weighted by Gasteiger charge is 2.19. The van der Waals surface area contributed by atoms with Gasteiger partial charge in [0.25, 0.3) is 0 Å². The molecule has 4 rings (SSSR count). The summed E-state index contributed by atoms with van der Waals surface area (Å²) in [7, 11) is 4.14. The third-order valence-electron chi connectivity index (χ3n) is 7.03. The summed E-state index contributed by atoms with van der Waals surface area (Å²) in [4.78, 5) is 2.13. The zero-order valence-corrected chi connectivity index (χ0v) is 27.1. The zero-order valence-electron chi connectivity index (χ0n) is 25.5. The summed E-state index contributed by atoms with van der Waals surface area (Å²) >= 11 is 3.98. The van der Waals surface area contributed by atoms with Crippen LogP contribution in [0, 0.1) is 0 Å². The predicted molar refractivity (Wildman–Crippen MR) is 191 cm³/mol. The second-order valence-electron chi connectivity index (χ2n) is 11.3. The number of thioether (sulfide) groups is 2. The molecule has 0 aromatic heterocycles. The largest absolute Gasteiger partial charge is 0.383 e. The molecule has 0 bridgehead atoms. The number of hydrogen-bond donors (Lipinski definition) is 2. The molecule has 0 spiro atoms. The average Bonchev–Trinajstić information content (AvgIpc) is 3.01. The Morgan fingerprint density at radius 1 is 0.738 bits per heavy atom. The van der Waals surface area contributed by atoms with E-state index in [1.165, 1.54) is 39.2 Å². The van der Waals surface area contributed by atoms with Crippen molar-refractivity contribution in [1.29, 1.82) is 0 Å². The minimum atomic E-state index is 0.103. The lowest BCUT2D eigenvalue weighted by Crippen LogP contribution is -2.27. The number of rotatable bonds is 16. The van der Waals surface area contributed by atoms with Crippen LogP contribution in [0.4, 0.5) is 11.4 Å². The summed E-state index contributed by atoms with van der Waals surface area (Å²) in [5.74, 6) is 3.16. The average molecular weight is 596 g/mol. The summed E-state index contributed by atoms with van der Waals surface area (Å²) in [5, 5.41) is 7.48. The van der Waals surface area contributed by atoms with Crippen molar-refractivity contribution < 1.29 is 0 Å². The molecular weight excluding hydrogens is 551 g/mol. The highest BCUT2D eigenvalue weighted by Crippen LogP contribution is 2.29. The molecule has 4 aromatic carbocycles. The molecule has 0 amide bonds. The van der Waals surface area contributed by atoms with Crippen LogP contribution in [0.25, 0.3) is 12.2 Å². The van der Waals surface area contributed by atoms with E-state index in [2.05, 4.69) is 159 Å². The number of nitrogens with zero attached hydrogens (tertiary/aromatic N) is 1. The lowest BCUT2D eigenvalue weighted by Gasteiger charge is -2.26. The molecule has 0 saturated carbocycles. The molecule has 0 radical (unpaired) electrons. The van der Waals surface area contributed by atoms with Gasteiger partial charge in [-0.2, -0.15) is 11.8 Å². The van der Waals surface area contributed by atoms with E-state index in [1.54, 1.807) is 0 Å². The Hall–Kier alpha value is -3.12. The van der Waals surface area contributed by atoms with E-state index in [9.17, 15) is 0 Å². The van der Waals surface area contributed by atoms with E-state index < -0.39 is 0 Å². The van der Waals surface area contributed by atoms with Crippen LogP contribution in [0.2, 0.25) is 0 Å². The van der Waals surface area contributed by atoms with Gasteiger partial charge < -0.3 is 15.5 Å². The minimum absolute atomic E-state index is 0.103. The SMILES string of the molecule is CN(C)c1ccc(/C=C/c2ccc(NCC(C)(C)SCc3ccccc3)c(CNCCSCc3ccccc3)c2)cc1. The maximum absolute atomic E-state index is 3.79. The van der Waals surface area contributed by atoms with Crippen LogP contribution in [-0.4, -0.2) is 37.7 Å². The van der Waals surface area contributed by atoms with Crippen molar-refractivity contribution in [3.63, 3.8) is 0 Å². The van der Waals surface area contributed by atoms with Crippen molar-refractivity contribution >= 4 is 47.1 Å². The first-order chi connectivity index (χ1) is 20.4. The van der Waals surface area contributed by atoms with Crippen LogP contribution in [0.5, 0.6) is 0 Å². The lowest BCUT2D eigenvalue weighted by atomic mass is 10.1. The van der Waals surface area contributed by atoms with Gasteiger partial charge in [-0.3, -0.25) is 0 Å². The monoisotopic (exact) mass is 595 g/mol. The van der Waals surface area contributed by atoms with Crippen LogP contribution in [0.15, 0.2) is 103 Å². The van der Waals surface area contributed by atoms with Gasteiger partial charge >= 0.3 is 0 Å². The zero-order chi connectivity index (χ0) is 29.6. The molecule has 5 heteroatoms. The fourth-order valence-electron chi connectivity index (χ4n) is 4.46. The Morgan fingerprint density at radius 2 is 1.36 bits per heavy atom. The first kappa shape index (κ1) is 31.8. The first-order valence-corrected chi connectivity index (χ1v) is 16.8. The van der Waals surface area contributed by atoms with Gasteiger partial charge in [0.15, 0.2) is 0 Å². The van der Waals surface area contributed by atoms with Crippen molar-refractivity contribution in [2.45, 2.75) is 36.6 Å². The Bertz CT molecular complexity index is 1370. The summed E-state index contributed by atoms with van der Waals surface area (Å²) in [6.45, 7) is 7.37. The molecule has 0 saturated heterocycles. The van der Waals surface area contributed by atoms with Crippen LogP contribution < -0.4 is 15.5 Å². The molecule has 0 heterocycles. The molecule has 2 N–H and O–H groups in total. The van der Waals surface area contributed by atoms with E-state index in [1.807, 2.05) is 23.5 Å². The highest BCUT2D eigenvalue weighted by molar-refractivity contribution is 7.99. The van der Waals surface area contributed by atoms with Crippen LogP contribution in [0.1, 0.15) is 41.7 Å². The molecular formula is C37H45N3S2. The normalized spacial score (nSPS) is 11.6. The second-order valence-corrected chi connectivity index (χ2v) is 14.1. The molecule has 4 aromatic rings. The van der Waals surface area contributed by atoms with Crippen molar-refractivity contribution in [2.24, 2.45) is 0 Å². The lowest BCUT2D eigenvalue weighted by molar-refractivity contribution is 0.725. The van der Waals surface area contributed by atoms with Crippen LogP contribution in [0.3, 0.4) is 0 Å². The van der Waals surface area contributed by atoms with E-state index in [-0.39, 0.29) is 4.75 Å². The molecule has 0 aliphatic heterocycles. The van der Waals surface area contributed by atoms with Crippen molar-refractivity contribution in [3.05, 3.63) is 131 Å². The van der Waals surface area contributed by atoms with Crippen LogP contribution >= 0.6 is 23.5 Å². The van der Waals surface area contributed by atoms with E-state index in [0.29, 0.717) is 0 Å². The molecule has 42 heavy (non-hydrogen) atoms. The third-order valence-corrected chi connectivity index (χ3v) is 9.47. The first-order valence-electron chi connectivity index (χ1n) is 14.7. The molecule has 0 aliphatic carbocycles. The summed E-state index contributed by atoms with van der Waals surface area (Å²) in [6.07, 6.45) is 4.41. The predicted octanol–water partition coefficient (Wildman–Crippen LogP) is 9.07. The smallest absolute Gasteiger partial charge is 0.0386 e. The van der Waals surface area contributed by atoms with Crippen molar-refractivity contribution in [1.82, 2.24) is 5.32 Å². The number of benzene rings is 4. The fraction of sp³-hybridized carbons (Fsp3) is 0.297. The Morgan fingerprint density at radius 3 is 2.02 bits per heavy atom. The molecule has 0 unspecified atom stereocenters. The second kappa shape index (κ2) is 16.5. The fourth-order valence-corrected chi connectivity index (χ4v) is 6.24. The van der Waals surface area contributed by atoms with Gasteiger partial charge in [0.2, 0.25) is 0 Å². The summed E-state index contributed by atoms with van der Waals surface area (Å²) < 4.78 is 0.103. The van der Waals surface area contributed by atoms with E-state index in [4.69, 9.17) is 0 Å². The standard InChI is InChI=1S/C37H45N3S2/c1-37(2,42-28-33-13-9-6-10-14-33)29-39-36-22-19-31(16-15-30-17-20-35(21-18-30)40(3)4)25-34(36)26-38-23-24-41-27-32-11-7-5-8-12-32/h5-22,25,38-39H,23-24,26-29H2,1-4H3/b16-15+. The molecule has 0 atom stereocenters. The van der Waals surface area contributed by atoms with Gasteiger partial charge in [0, 0.05) is 67.1 Å². The molecule has 0 fully saturated rings. The topological polar surface area (TPSA) is 27.3 Å². The van der Waals surface area contributed by atoms with Gasteiger partial charge in [-0.05, 0) is 65.9 Å². The highest BCUT2D eigenvalue weighted by atomic mass is 32.2. The van der Waals surface area contributed by atoms with Gasteiger partial charge in [-0.15, -0.1) is 11.8 Å². The summed E-state index contributed by atoms with van der Waals surface area (Å²) in [5.41, 5.74) is 8.90. The van der Waals surface area contributed by atoms with Gasteiger partial charge in [-0.25, -0.2) is 0 Å². The quantitative estimate of drug-likeness (QED) is 0.0996. The summed E-state index contributed by atoms with van der Waals surface area (Å²) in [6, 6.07) is 36.9. The number of hydrogen-bond acceptors (Lipinski definition) is 5. The van der Waals surface area contributed by atoms with Gasteiger partial charge in [0.1, 0.15) is 0 Å². The maximum atomic E-state index is 3.79. The molecule has 3 nitrogen and oxygen atoms in total. The molecule has 0 aliphatic rings. The van der Waals surface area contributed by atoms with Gasteiger partial charge in [0.05, 0.1) is 0 Å². The maximum Gasteiger partial charge on any atom is 0.0386 e. The Labute approximate surface area is 262 Å². The molecule has 220 valence electrons. The Kier molecular flexibility index (Phi) is 12.5. The number of anilines is 2. The third kappa shape index (κ3) is 10.9. The van der Waals surface area contributed by atoms with E-state index in [0.717, 1.165) is 36.9 Å². The van der Waals surface area contributed by atoms with Gasteiger partial charge in [-0.1, -0.05) is 91.0 Å². The van der Waals surface area contributed by atoms with Crippen LogP contribution in [-0.2, 0) is 18.1 Å². The number of nitrogens with one attached hydrogen (secondary N) is 2. The van der Waals surface area contributed by atoms with E-state index >= 15 is 0 Å². The Balaban J connectivity index is 1.37. The minimum Gasteiger partial charge on any atom is -0.383 e.